The van der Waals surface area contributed by atoms with E-state index in [4.69, 9.17) is 10.5 Å². The van der Waals surface area contributed by atoms with Crippen LogP contribution in [0.4, 0.5) is 8.78 Å². The molecule has 1 aromatic carbocycles. The van der Waals surface area contributed by atoms with Crippen LogP contribution in [-0.2, 0) is 12.5 Å². The largest absolute Gasteiger partial charge is 0.315 e. The highest BCUT2D eigenvalue weighted by molar-refractivity contribution is 5.36. The molecule has 0 N–H and O–H groups in total. The third-order valence-electron chi connectivity index (χ3n) is 2.61. The molecule has 0 aliphatic carbocycles. The van der Waals surface area contributed by atoms with E-state index in [0.717, 1.165) is 10.9 Å². The topological polar surface area (TPSA) is 65.4 Å². The van der Waals surface area contributed by atoms with Crippen molar-refractivity contribution in [3.63, 3.8) is 0 Å². The highest BCUT2D eigenvalue weighted by Gasteiger charge is 2.33. The van der Waals surface area contributed by atoms with Gasteiger partial charge in [-0.25, -0.2) is 4.98 Å². The summed E-state index contributed by atoms with van der Waals surface area (Å²) in [5, 5.41) is 17.6. The monoisotopic (exact) mass is 258 g/mol. The number of nitrogens with zero attached hydrogens (tertiary/aromatic N) is 4. The fourth-order valence-electron chi connectivity index (χ4n) is 1.69. The molecule has 0 amide bonds. The molecule has 19 heavy (non-hydrogen) atoms. The molecular formula is C13H8F2N4. The van der Waals surface area contributed by atoms with E-state index in [9.17, 15) is 8.78 Å². The summed E-state index contributed by atoms with van der Waals surface area (Å²) >= 11 is 0. The summed E-state index contributed by atoms with van der Waals surface area (Å²) in [7, 11) is 0. The van der Waals surface area contributed by atoms with Crippen molar-refractivity contribution in [2.45, 2.75) is 12.5 Å². The maximum absolute atomic E-state index is 14.0. The fraction of sp³-hybridized carbons (Fsp3) is 0.154. The minimum Gasteiger partial charge on any atom is -0.315 e. The summed E-state index contributed by atoms with van der Waals surface area (Å²) < 4.78 is 29.1. The Morgan fingerprint density at radius 2 is 1.84 bits per heavy atom. The highest BCUT2D eigenvalue weighted by atomic mass is 19.3. The van der Waals surface area contributed by atoms with Crippen LogP contribution in [0.15, 0.2) is 36.7 Å². The molecule has 0 saturated carbocycles. The van der Waals surface area contributed by atoms with Crippen molar-refractivity contribution in [3.8, 4) is 12.1 Å². The van der Waals surface area contributed by atoms with Gasteiger partial charge < -0.3 is 4.57 Å². The maximum atomic E-state index is 14.0. The summed E-state index contributed by atoms with van der Waals surface area (Å²) in [5.74, 6) is -3.14. The van der Waals surface area contributed by atoms with Crippen LogP contribution < -0.4 is 0 Å². The fourth-order valence-corrected chi connectivity index (χ4v) is 1.69. The van der Waals surface area contributed by atoms with Gasteiger partial charge in [-0.2, -0.15) is 19.3 Å². The molecule has 2 rings (SSSR count). The number of imidazole rings is 1. The van der Waals surface area contributed by atoms with Crippen LogP contribution in [0.2, 0.25) is 0 Å². The van der Waals surface area contributed by atoms with Gasteiger partial charge in [-0.05, 0) is 0 Å². The normalized spacial score (nSPS) is 10.7. The van der Waals surface area contributed by atoms with Gasteiger partial charge in [0.2, 0.25) is 0 Å². The molecule has 0 atom stereocenters. The first-order valence-electron chi connectivity index (χ1n) is 5.37. The molecule has 1 heterocycles. The molecule has 0 spiro atoms. The zero-order chi connectivity index (χ0) is 13.9. The number of aromatic nitrogens is 2. The van der Waals surface area contributed by atoms with Gasteiger partial charge in [0.15, 0.2) is 11.4 Å². The predicted octanol–water partition coefficient (Wildman–Crippen LogP) is 2.42. The number of hydrogen-bond acceptors (Lipinski definition) is 3. The molecule has 94 valence electrons. The Hall–Kier alpha value is -2.73. The smallest absolute Gasteiger partial charge is 0.290 e. The summed E-state index contributed by atoms with van der Waals surface area (Å²) in [6, 6.07) is 10.7. The third kappa shape index (κ3) is 2.43. The number of rotatable bonds is 3. The maximum Gasteiger partial charge on any atom is 0.290 e. The molecule has 0 fully saturated rings. The van der Waals surface area contributed by atoms with E-state index in [1.165, 1.54) is 24.3 Å². The molecule has 1 aromatic heterocycles. The van der Waals surface area contributed by atoms with E-state index >= 15 is 0 Å². The average molecular weight is 258 g/mol. The number of halogens is 2. The van der Waals surface area contributed by atoms with Crippen LogP contribution in [0.5, 0.6) is 0 Å². The van der Waals surface area contributed by atoms with Gasteiger partial charge in [-0.3, -0.25) is 0 Å². The van der Waals surface area contributed by atoms with Crippen LogP contribution >= 0.6 is 0 Å². The zero-order valence-corrected chi connectivity index (χ0v) is 9.72. The van der Waals surface area contributed by atoms with Crippen molar-refractivity contribution in [3.05, 3.63) is 53.6 Å². The molecule has 0 aliphatic heterocycles. The van der Waals surface area contributed by atoms with Crippen LogP contribution in [0.25, 0.3) is 0 Å². The average Bonchev–Trinajstić information content (AvgIpc) is 2.81. The number of nitriles is 2. The van der Waals surface area contributed by atoms with Crippen LogP contribution in [0, 0.1) is 22.7 Å². The van der Waals surface area contributed by atoms with Crippen molar-refractivity contribution in [2.24, 2.45) is 0 Å². The van der Waals surface area contributed by atoms with Gasteiger partial charge in [0.05, 0.1) is 12.9 Å². The van der Waals surface area contributed by atoms with E-state index in [2.05, 4.69) is 4.98 Å². The Balaban J connectivity index is 2.34. The van der Waals surface area contributed by atoms with E-state index in [-0.39, 0.29) is 17.0 Å². The number of hydrogen-bond donors (Lipinski definition) is 0. The highest BCUT2D eigenvalue weighted by Crippen LogP contribution is 2.30. The van der Waals surface area contributed by atoms with Gasteiger partial charge in [-0.15, -0.1) is 0 Å². The summed E-state index contributed by atoms with van der Waals surface area (Å²) in [6.07, 6.45) is 1.08. The molecule has 4 nitrogen and oxygen atoms in total. The lowest BCUT2D eigenvalue weighted by atomic mass is 10.1. The third-order valence-corrected chi connectivity index (χ3v) is 2.61. The molecule has 0 bridgehead atoms. The zero-order valence-electron chi connectivity index (χ0n) is 9.72. The lowest BCUT2D eigenvalue weighted by molar-refractivity contribution is -0.0224. The van der Waals surface area contributed by atoms with Crippen molar-refractivity contribution in [1.29, 1.82) is 10.5 Å². The van der Waals surface area contributed by atoms with E-state index in [1.807, 2.05) is 0 Å². The second-order valence-corrected chi connectivity index (χ2v) is 3.86. The van der Waals surface area contributed by atoms with E-state index in [0.29, 0.717) is 0 Å². The van der Waals surface area contributed by atoms with Crippen molar-refractivity contribution in [1.82, 2.24) is 9.55 Å². The molecule has 0 aliphatic rings. The van der Waals surface area contributed by atoms with Gasteiger partial charge >= 0.3 is 0 Å². The lowest BCUT2D eigenvalue weighted by Gasteiger charge is -2.17. The van der Waals surface area contributed by atoms with Crippen molar-refractivity contribution < 1.29 is 8.78 Å². The van der Waals surface area contributed by atoms with E-state index < -0.39 is 12.5 Å². The molecule has 2 aromatic rings. The molecular weight excluding hydrogens is 250 g/mol. The van der Waals surface area contributed by atoms with Gasteiger partial charge in [0, 0.05) is 5.56 Å². The SMILES string of the molecule is N#Cc1ncn(CC(F)(F)c2ccccc2)c1C#N. The first kappa shape index (κ1) is 12.7. The minimum absolute atomic E-state index is 0.147. The van der Waals surface area contributed by atoms with Crippen molar-refractivity contribution in [2.75, 3.05) is 0 Å². The second kappa shape index (κ2) is 4.87. The molecule has 0 saturated heterocycles. The first-order valence-corrected chi connectivity index (χ1v) is 5.37. The molecule has 0 radical (unpaired) electrons. The quantitative estimate of drug-likeness (QED) is 0.849. The van der Waals surface area contributed by atoms with E-state index in [1.54, 1.807) is 18.2 Å². The summed E-state index contributed by atoms with van der Waals surface area (Å²) in [6.45, 7) is -0.728. The Kier molecular flexibility index (Phi) is 3.26. The van der Waals surface area contributed by atoms with Gasteiger partial charge in [0.25, 0.3) is 5.92 Å². The molecule has 6 heteroatoms. The van der Waals surface area contributed by atoms with Gasteiger partial charge in [-0.1, -0.05) is 30.3 Å². The second-order valence-electron chi connectivity index (χ2n) is 3.86. The summed E-state index contributed by atoms with van der Waals surface area (Å²) in [5.41, 5.74) is -0.449. The van der Waals surface area contributed by atoms with Gasteiger partial charge in [0.1, 0.15) is 12.1 Å². The number of alkyl halides is 2. The van der Waals surface area contributed by atoms with Crippen LogP contribution in [-0.4, -0.2) is 9.55 Å². The summed E-state index contributed by atoms with van der Waals surface area (Å²) in [4.78, 5) is 3.63. The minimum atomic E-state index is -3.14. The Morgan fingerprint density at radius 1 is 1.16 bits per heavy atom. The van der Waals surface area contributed by atoms with Crippen LogP contribution in [0.3, 0.4) is 0 Å². The standard InChI is InChI=1S/C13H8F2N4/c14-13(15,10-4-2-1-3-5-10)8-19-9-18-11(6-16)12(19)7-17/h1-5,9H,8H2. The van der Waals surface area contributed by atoms with Crippen molar-refractivity contribution >= 4 is 0 Å². The predicted molar refractivity (Wildman–Crippen MR) is 62.0 cm³/mol. The first-order chi connectivity index (χ1) is 9.08. The van der Waals surface area contributed by atoms with Crippen LogP contribution in [0.1, 0.15) is 17.0 Å². The Bertz CT molecular complexity index is 662. The number of benzene rings is 1. The Labute approximate surface area is 108 Å². The lowest BCUT2D eigenvalue weighted by Crippen LogP contribution is -2.21. The Morgan fingerprint density at radius 3 is 2.42 bits per heavy atom. The molecule has 0 unspecified atom stereocenters.